The molecule has 3 rings (SSSR count). The number of esters is 1. The highest BCUT2D eigenvalue weighted by Gasteiger charge is 2.40. The van der Waals surface area contributed by atoms with Crippen LogP contribution in [0, 0.1) is 5.82 Å². The van der Waals surface area contributed by atoms with E-state index < -0.39 is 33.8 Å². The number of nitrogens with zero attached hydrogens (tertiary/aromatic N) is 1. The van der Waals surface area contributed by atoms with Gasteiger partial charge in [-0.15, -0.1) is 0 Å². The van der Waals surface area contributed by atoms with Crippen molar-refractivity contribution in [3.05, 3.63) is 68.7 Å². The normalized spacial score (nSPS) is 11.5. The van der Waals surface area contributed by atoms with Gasteiger partial charge in [-0.05, 0) is 24.3 Å². The molecule has 0 radical (unpaired) electrons. The van der Waals surface area contributed by atoms with Gasteiger partial charge in [-0.3, -0.25) is 0 Å². The Bertz CT molecular complexity index is 1180. The lowest BCUT2D eigenvalue weighted by Gasteiger charge is -2.13. The Morgan fingerprint density at radius 2 is 1.71 bits per heavy atom. The number of rotatable bonds is 4. The van der Waals surface area contributed by atoms with Crippen LogP contribution < -0.4 is 4.74 Å². The lowest BCUT2D eigenvalue weighted by atomic mass is 10.1. The van der Waals surface area contributed by atoms with Gasteiger partial charge in [-0.25, -0.2) is 9.18 Å². The molecule has 3 aromatic rings. The summed E-state index contributed by atoms with van der Waals surface area (Å²) >= 11 is 18.0. The molecule has 0 atom stereocenters. The molecule has 1 heterocycles. The summed E-state index contributed by atoms with van der Waals surface area (Å²) in [5.41, 5.74) is -1.92. The lowest BCUT2D eigenvalue weighted by Crippen LogP contribution is -2.11. The molecule has 2 aromatic carbocycles. The van der Waals surface area contributed by atoms with Crippen molar-refractivity contribution in [2.75, 3.05) is 7.11 Å². The SMILES string of the molecule is COC(=O)c1ccccc1Oc1cc(-c2c(Cl)c(C(F)(F)F)n(C)c2Cl)c(F)cc1Cl. The monoisotopic (exact) mass is 495 g/mol. The van der Waals surface area contributed by atoms with Crippen LogP contribution in [-0.2, 0) is 18.0 Å². The zero-order chi connectivity index (χ0) is 23.1. The maximum Gasteiger partial charge on any atom is 0.432 e. The van der Waals surface area contributed by atoms with Gasteiger partial charge >= 0.3 is 12.1 Å². The molecule has 164 valence electrons. The smallest absolute Gasteiger partial charge is 0.432 e. The number of halogens is 7. The Morgan fingerprint density at radius 3 is 2.29 bits per heavy atom. The summed E-state index contributed by atoms with van der Waals surface area (Å²) in [5.74, 6) is -1.77. The molecule has 0 amide bonds. The second-order valence-electron chi connectivity index (χ2n) is 6.24. The summed E-state index contributed by atoms with van der Waals surface area (Å²) in [6.45, 7) is 0. The molecule has 0 N–H and O–H groups in total. The van der Waals surface area contributed by atoms with E-state index in [4.69, 9.17) is 39.5 Å². The maximum atomic E-state index is 14.7. The number of ether oxygens (including phenoxy) is 2. The topological polar surface area (TPSA) is 40.5 Å². The molecule has 0 unspecified atom stereocenters. The van der Waals surface area contributed by atoms with Crippen LogP contribution in [0.1, 0.15) is 16.1 Å². The minimum atomic E-state index is -4.82. The first-order chi connectivity index (χ1) is 14.5. The van der Waals surface area contributed by atoms with Crippen molar-refractivity contribution < 1.29 is 31.8 Å². The number of carbonyl (C=O) groups is 1. The Kier molecular flexibility index (Phi) is 6.45. The molecular formula is C20H12Cl3F4NO3. The highest BCUT2D eigenvalue weighted by Crippen LogP contribution is 2.47. The minimum absolute atomic E-state index is 0.0371. The largest absolute Gasteiger partial charge is 0.465 e. The van der Waals surface area contributed by atoms with E-state index >= 15 is 0 Å². The maximum absolute atomic E-state index is 14.7. The second kappa shape index (κ2) is 8.61. The van der Waals surface area contributed by atoms with Crippen LogP contribution in [0.4, 0.5) is 17.6 Å². The third-order valence-corrected chi connectivity index (χ3v) is 5.44. The van der Waals surface area contributed by atoms with Crippen molar-refractivity contribution >= 4 is 40.8 Å². The van der Waals surface area contributed by atoms with Crippen LogP contribution in [0.2, 0.25) is 15.2 Å². The molecular weight excluding hydrogens is 485 g/mol. The fourth-order valence-corrected chi connectivity index (χ4v) is 3.86. The molecule has 11 heteroatoms. The Balaban J connectivity index is 2.17. The molecule has 0 bridgehead atoms. The molecule has 0 saturated heterocycles. The summed E-state index contributed by atoms with van der Waals surface area (Å²) < 4.78 is 65.7. The van der Waals surface area contributed by atoms with E-state index in [1.807, 2.05) is 0 Å². The lowest BCUT2D eigenvalue weighted by molar-refractivity contribution is -0.142. The summed E-state index contributed by atoms with van der Waals surface area (Å²) in [5, 5.41) is -1.40. The van der Waals surface area contributed by atoms with Gasteiger partial charge in [0, 0.05) is 18.2 Å². The first-order valence-corrected chi connectivity index (χ1v) is 9.56. The number of aromatic nitrogens is 1. The van der Waals surface area contributed by atoms with E-state index in [2.05, 4.69) is 4.74 Å². The Labute approximate surface area is 188 Å². The van der Waals surface area contributed by atoms with Crippen molar-refractivity contribution in [2.24, 2.45) is 7.05 Å². The summed E-state index contributed by atoms with van der Waals surface area (Å²) in [6, 6.07) is 7.91. The summed E-state index contributed by atoms with van der Waals surface area (Å²) in [7, 11) is 2.23. The molecule has 0 aliphatic rings. The van der Waals surface area contributed by atoms with E-state index in [1.54, 1.807) is 12.1 Å². The quantitative estimate of drug-likeness (QED) is 0.279. The molecule has 4 nitrogen and oxygen atoms in total. The highest BCUT2D eigenvalue weighted by molar-refractivity contribution is 6.40. The molecule has 0 saturated carbocycles. The number of methoxy groups -OCH3 is 1. The van der Waals surface area contributed by atoms with Gasteiger partial charge in [0.15, 0.2) is 0 Å². The van der Waals surface area contributed by atoms with Crippen molar-refractivity contribution in [1.82, 2.24) is 4.57 Å². The number of para-hydroxylation sites is 1. The van der Waals surface area contributed by atoms with Gasteiger partial charge in [0.05, 0.1) is 17.2 Å². The van der Waals surface area contributed by atoms with E-state index in [9.17, 15) is 22.4 Å². The summed E-state index contributed by atoms with van der Waals surface area (Å²) in [4.78, 5) is 11.9. The predicted molar refractivity (Wildman–Crippen MR) is 109 cm³/mol. The molecule has 1 aromatic heterocycles. The first kappa shape index (κ1) is 23.2. The van der Waals surface area contributed by atoms with E-state index in [1.165, 1.54) is 19.2 Å². The molecule has 0 fully saturated rings. The molecule has 31 heavy (non-hydrogen) atoms. The number of hydrogen-bond acceptors (Lipinski definition) is 3. The van der Waals surface area contributed by atoms with Gasteiger partial charge in [-0.2, -0.15) is 13.2 Å². The van der Waals surface area contributed by atoms with Crippen LogP contribution in [-0.4, -0.2) is 17.6 Å². The van der Waals surface area contributed by atoms with Gasteiger partial charge in [0.25, 0.3) is 0 Å². The van der Waals surface area contributed by atoms with E-state index in [-0.39, 0.29) is 33.2 Å². The average Bonchev–Trinajstić information content (AvgIpc) is 2.92. The van der Waals surface area contributed by atoms with Crippen LogP contribution in [0.5, 0.6) is 11.5 Å². The predicted octanol–water partition coefficient (Wildman–Crippen LogP) is 7.39. The van der Waals surface area contributed by atoms with E-state index in [0.717, 1.165) is 19.2 Å². The van der Waals surface area contributed by atoms with Crippen LogP contribution in [0.25, 0.3) is 11.1 Å². The molecule has 0 aliphatic heterocycles. The molecule has 0 spiro atoms. The number of hydrogen-bond donors (Lipinski definition) is 0. The Morgan fingerprint density at radius 1 is 1.06 bits per heavy atom. The van der Waals surface area contributed by atoms with Gasteiger partial charge in [0.2, 0.25) is 0 Å². The third kappa shape index (κ3) is 4.33. The summed E-state index contributed by atoms with van der Waals surface area (Å²) in [6.07, 6.45) is -4.82. The molecule has 0 aliphatic carbocycles. The van der Waals surface area contributed by atoms with Gasteiger partial charge in [0.1, 0.15) is 33.7 Å². The van der Waals surface area contributed by atoms with E-state index in [0.29, 0.717) is 4.57 Å². The second-order valence-corrected chi connectivity index (χ2v) is 7.38. The number of benzene rings is 2. The fourth-order valence-electron chi connectivity index (χ4n) is 2.92. The number of alkyl halides is 3. The van der Waals surface area contributed by atoms with Gasteiger partial charge < -0.3 is 14.0 Å². The fraction of sp³-hybridized carbons (Fsp3) is 0.150. The van der Waals surface area contributed by atoms with Crippen LogP contribution in [0.15, 0.2) is 36.4 Å². The standard InChI is InChI=1S/C20H12Cl3F4NO3/c1-28-17(20(25,26)27)16(22)15(18(28)23)10-7-14(11(21)8-12(10)24)31-13-6-4-3-5-9(13)19(29)30-2/h3-8H,1-2H3. The zero-order valence-electron chi connectivity index (χ0n) is 15.8. The zero-order valence-corrected chi connectivity index (χ0v) is 18.0. The van der Waals surface area contributed by atoms with Crippen molar-refractivity contribution in [3.63, 3.8) is 0 Å². The Hall–Kier alpha value is -2.42. The van der Waals surface area contributed by atoms with Crippen molar-refractivity contribution in [2.45, 2.75) is 6.18 Å². The van der Waals surface area contributed by atoms with Crippen molar-refractivity contribution in [1.29, 1.82) is 0 Å². The highest BCUT2D eigenvalue weighted by atomic mass is 35.5. The third-order valence-electron chi connectivity index (χ3n) is 4.34. The van der Waals surface area contributed by atoms with Gasteiger partial charge in [-0.1, -0.05) is 46.9 Å². The minimum Gasteiger partial charge on any atom is -0.465 e. The average molecular weight is 497 g/mol. The van der Waals surface area contributed by atoms with Crippen LogP contribution >= 0.6 is 34.8 Å². The first-order valence-electron chi connectivity index (χ1n) is 8.42. The number of carbonyl (C=O) groups excluding carboxylic acids is 1. The van der Waals surface area contributed by atoms with Crippen molar-refractivity contribution in [3.8, 4) is 22.6 Å². The van der Waals surface area contributed by atoms with Crippen LogP contribution in [0.3, 0.4) is 0 Å².